The molecule has 0 N–H and O–H groups in total. The summed E-state index contributed by atoms with van der Waals surface area (Å²) in [6.07, 6.45) is 4.71. The zero-order valence-corrected chi connectivity index (χ0v) is 19.7. The smallest absolute Gasteiger partial charge is 0.241 e. The number of ether oxygens (including phenoxy) is 1. The van der Waals surface area contributed by atoms with Gasteiger partial charge < -0.3 is 9.64 Å². The van der Waals surface area contributed by atoms with Crippen LogP contribution in [0.5, 0.6) is 0 Å². The maximum absolute atomic E-state index is 13.8. The highest BCUT2D eigenvalue weighted by Crippen LogP contribution is 2.45. The van der Waals surface area contributed by atoms with Crippen LogP contribution in [0.1, 0.15) is 50.5 Å². The highest BCUT2D eigenvalue weighted by atomic mass is 16.5. The Kier molecular flexibility index (Phi) is 6.26. The molecule has 1 aliphatic carbocycles. The van der Waals surface area contributed by atoms with Crippen molar-refractivity contribution in [3.63, 3.8) is 0 Å². The monoisotopic (exact) mass is 460 g/mol. The maximum Gasteiger partial charge on any atom is 0.241 e. The molecule has 1 saturated carbocycles. The summed E-state index contributed by atoms with van der Waals surface area (Å²) in [6, 6.07) is 17.9. The van der Waals surface area contributed by atoms with E-state index in [1.807, 2.05) is 59.5 Å². The molecule has 2 aromatic rings. The van der Waals surface area contributed by atoms with Gasteiger partial charge in [0.05, 0.1) is 18.1 Å². The van der Waals surface area contributed by atoms with Crippen LogP contribution in [0.2, 0.25) is 0 Å². The standard InChI is InChI=1S/C28H32N2O4/c1-34-19-24-9-5-6-16-29(24)25(31)17-28(18-26(32)30(27(28)33)23-14-15-23)22-12-10-21(11-13-22)20-7-3-2-4-8-20/h2-4,7-8,10-13,23-24H,5-6,9,14-19H2,1H3. The number of carbonyl (C=O) groups excluding carboxylic acids is 3. The van der Waals surface area contributed by atoms with Crippen molar-refractivity contribution in [2.45, 2.75) is 62.4 Å². The Morgan fingerprint density at radius 1 is 0.971 bits per heavy atom. The lowest BCUT2D eigenvalue weighted by atomic mass is 9.75. The predicted molar refractivity (Wildman–Crippen MR) is 129 cm³/mol. The fourth-order valence-electron chi connectivity index (χ4n) is 5.60. The summed E-state index contributed by atoms with van der Waals surface area (Å²) in [5.41, 5.74) is 1.74. The lowest BCUT2D eigenvalue weighted by Crippen LogP contribution is -2.49. The van der Waals surface area contributed by atoms with Gasteiger partial charge in [-0.05, 0) is 48.8 Å². The van der Waals surface area contributed by atoms with Gasteiger partial charge in [-0.3, -0.25) is 19.3 Å². The first-order chi connectivity index (χ1) is 16.5. The molecule has 0 spiro atoms. The van der Waals surface area contributed by atoms with Gasteiger partial charge in [-0.25, -0.2) is 0 Å². The van der Waals surface area contributed by atoms with Crippen molar-refractivity contribution in [1.29, 1.82) is 0 Å². The van der Waals surface area contributed by atoms with Gasteiger partial charge in [0, 0.05) is 32.5 Å². The second kappa shape index (κ2) is 9.34. The van der Waals surface area contributed by atoms with Gasteiger partial charge in [0.2, 0.25) is 17.7 Å². The number of imide groups is 1. The molecule has 2 heterocycles. The Morgan fingerprint density at radius 3 is 2.35 bits per heavy atom. The predicted octanol–water partition coefficient (Wildman–Crippen LogP) is 3.93. The molecule has 5 rings (SSSR count). The molecule has 3 amide bonds. The van der Waals surface area contributed by atoms with Crippen LogP contribution in [-0.4, -0.2) is 59.9 Å². The molecule has 0 aromatic heterocycles. The van der Waals surface area contributed by atoms with Gasteiger partial charge in [-0.1, -0.05) is 54.6 Å². The average Bonchev–Trinajstić information content (AvgIpc) is 3.66. The van der Waals surface area contributed by atoms with Crippen LogP contribution in [0.4, 0.5) is 0 Å². The molecule has 6 nitrogen and oxygen atoms in total. The van der Waals surface area contributed by atoms with E-state index in [-0.39, 0.29) is 42.6 Å². The van der Waals surface area contributed by atoms with Crippen LogP contribution >= 0.6 is 0 Å². The molecule has 2 unspecified atom stereocenters. The molecule has 2 aromatic carbocycles. The van der Waals surface area contributed by atoms with E-state index in [0.29, 0.717) is 13.2 Å². The van der Waals surface area contributed by atoms with E-state index in [0.717, 1.165) is 48.8 Å². The van der Waals surface area contributed by atoms with Crippen molar-refractivity contribution >= 4 is 17.7 Å². The summed E-state index contributed by atoms with van der Waals surface area (Å²) in [6.45, 7) is 1.16. The Balaban J connectivity index is 1.48. The Bertz CT molecular complexity index is 1060. The van der Waals surface area contributed by atoms with Crippen LogP contribution in [0.25, 0.3) is 11.1 Å². The fourth-order valence-corrected chi connectivity index (χ4v) is 5.60. The zero-order valence-electron chi connectivity index (χ0n) is 19.7. The fraction of sp³-hybridized carbons (Fsp3) is 0.464. The van der Waals surface area contributed by atoms with Gasteiger partial charge in [0.15, 0.2) is 0 Å². The third kappa shape index (κ3) is 4.16. The molecule has 178 valence electrons. The van der Waals surface area contributed by atoms with Crippen molar-refractivity contribution in [2.24, 2.45) is 0 Å². The SMILES string of the molecule is COCC1CCCCN1C(=O)CC1(c2ccc(-c3ccccc3)cc2)CC(=O)N(C2CC2)C1=O. The van der Waals surface area contributed by atoms with Crippen molar-refractivity contribution in [3.8, 4) is 11.1 Å². The van der Waals surface area contributed by atoms with E-state index >= 15 is 0 Å². The largest absolute Gasteiger partial charge is 0.383 e. The van der Waals surface area contributed by atoms with E-state index in [9.17, 15) is 14.4 Å². The van der Waals surface area contributed by atoms with Gasteiger partial charge in [-0.2, -0.15) is 0 Å². The number of carbonyl (C=O) groups is 3. The second-order valence-corrected chi connectivity index (χ2v) is 9.87. The zero-order chi connectivity index (χ0) is 23.7. The Labute approximate surface area is 200 Å². The molecule has 2 atom stereocenters. The van der Waals surface area contributed by atoms with E-state index in [1.165, 1.54) is 4.90 Å². The summed E-state index contributed by atoms with van der Waals surface area (Å²) < 4.78 is 5.37. The highest BCUT2D eigenvalue weighted by molar-refractivity contribution is 6.11. The number of methoxy groups -OCH3 is 1. The number of likely N-dealkylation sites (tertiary alicyclic amines) is 2. The molecule has 2 saturated heterocycles. The van der Waals surface area contributed by atoms with Crippen molar-refractivity contribution in [3.05, 3.63) is 60.2 Å². The Morgan fingerprint density at radius 2 is 1.68 bits per heavy atom. The summed E-state index contributed by atoms with van der Waals surface area (Å²) in [7, 11) is 1.65. The number of rotatable bonds is 7. The molecular weight excluding hydrogens is 428 g/mol. The van der Waals surface area contributed by atoms with Crippen LogP contribution in [0, 0.1) is 0 Å². The first-order valence-corrected chi connectivity index (χ1v) is 12.3. The lowest BCUT2D eigenvalue weighted by molar-refractivity contribution is -0.144. The van der Waals surface area contributed by atoms with Crippen molar-refractivity contribution in [2.75, 3.05) is 20.3 Å². The van der Waals surface area contributed by atoms with Crippen molar-refractivity contribution < 1.29 is 19.1 Å². The minimum atomic E-state index is -1.14. The minimum Gasteiger partial charge on any atom is -0.383 e. The number of benzene rings is 2. The van der Waals surface area contributed by atoms with E-state index < -0.39 is 5.41 Å². The first kappa shape index (κ1) is 22.8. The number of nitrogens with zero attached hydrogens (tertiary/aromatic N) is 2. The van der Waals surface area contributed by atoms with Gasteiger partial charge in [0.1, 0.15) is 0 Å². The second-order valence-electron chi connectivity index (χ2n) is 9.87. The normalized spacial score (nSPS) is 25.1. The molecule has 0 radical (unpaired) electrons. The number of hydrogen-bond donors (Lipinski definition) is 0. The summed E-state index contributed by atoms with van der Waals surface area (Å²) in [4.78, 5) is 43.8. The number of hydrogen-bond acceptors (Lipinski definition) is 4. The summed E-state index contributed by atoms with van der Waals surface area (Å²) in [5, 5.41) is 0. The molecule has 6 heteroatoms. The minimum absolute atomic E-state index is 0.00297. The summed E-state index contributed by atoms with van der Waals surface area (Å²) >= 11 is 0. The van der Waals surface area contributed by atoms with E-state index in [2.05, 4.69) is 0 Å². The van der Waals surface area contributed by atoms with Crippen molar-refractivity contribution in [1.82, 2.24) is 9.80 Å². The van der Waals surface area contributed by atoms with Crippen LogP contribution in [0.3, 0.4) is 0 Å². The molecule has 3 fully saturated rings. The van der Waals surface area contributed by atoms with Gasteiger partial charge >= 0.3 is 0 Å². The Hall–Kier alpha value is -2.99. The van der Waals surface area contributed by atoms with Gasteiger partial charge in [0.25, 0.3) is 0 Å². The van der Waals surface area contributed by atoms with Crippen LogP contribution < -0.4 is 0 Å². The molecule has 3 aliphatic rings. The summed E-state index contributed by atoms with van der Waals surface area (Å²) in [5.74, 6) is -0.423. The third-order valence-corrected chi connectivity index (χ3v) is 7.57. The van der Waals surface area contributed by atoms with Crippen LogP contribution in [0.15, 0.2) is 54.6 Å². The first-order valence-electron chi connectivity index (χ1n) is 12.3. The maximum atomic E-state index is 13.8. The molecular formula is C28H32N2O4. The average molecular weight is 461 g/mol. The third-order valence-electron chi connectivity index (χ3n) is 7.57. The van der Waals surface area contributed by atoms with E-state index in [4.69, 9.17) is 4.74 Å². The van der Waals surface area contributed by atoms with Gasteiger partial charge in [-0.15, -0.1) is 0 Å². The number of amides is 3. The lowest BCUT2D eigenvalue weighted by Gasteiger charge is -2.37. The molecule has 2 aliphatic heterocycles. The quantitative estimate of drug-likeness (QED) is 0.587. The molecule has 34 heavy (non-hydrogen) atoms. The van der Waals surface area contributed by atoms with Crippen LogP contribution in [-0.2, 0) is 24.5 Å². The topological polar surface area (TPSA) is 66.9 Å². The number of piperidine rings is 1. The molecule has 0 bridgehead atoms. The van der Waals surface area contributed by atoms with E-state index in [1.54, 1.807) is 7.11 Å². The highest BCUT2D eigenvalue weighted by Gasteiger charge is 2.57.